The molecule has 0 fully saturated rings. The molecule has 2 aromatic rings. The highest BCUT2D eigenvalue weighted by atomic mass is 16.5. The zero-order chi connectivity index (χ0) is 19.6. The summed E-state index contributed by atoms with van der Waals surface area (Å²) in [6, 6.07) is 14.2. The number of carbonyl (C=O) groups is 2. The van der Waals surface area contributed by atoms with Crippen LogP contribution in [0.15, 0.2) is 48.5 Å². The van der Waals surface area contributed by atoms with Gasteiger partial charge in [-0.3, -0.25) is 9.59 Å². The van der Waals surface area contributed by atoms with E-state index < -0.39 is 0 Å². The smallest absolute Gasteiger partial charge is 0.258 e. The Labute approximate surface area is 160 Å². The summed E-state index contributed by atoms with van der Waals surface area (Å²) < 4.78 is 10.8. The summed E-state index contributed by atoms with van der Waals surface area (Å²) in [4.78, 5) is 27.0. The van der Waals surface area contributed by atoms with Crippen molar-refractivity contribution in [1.29, 1.82) is 0 Å². The Morgan fingerprint density at radius 1 is 1.00 bits per heavy atom. The average Bonchev–Trinajstić information content (AvgIpc) is 2.68. The van der Waals surface area contributed by atoms with Gasteiger partial charge < -0.3 is 19.7 Å². The third-order valence-corrected chi connectivity index (χ3v) is 3.91. The lowest BCUT2D eigenvalue weighted by Crippen LogP contribution is -2.38. The number of nitrogens with zero attached hydrogens (tertiary/aromatic N) is 1. The van der Waals surface area contributed by atoms with Gasteiger partial charge in [0.2, 0.25) is 5.91 Å². The molecule has 1 N–H and O–H groups in total. The first-order valence-electron chi connectivity index (χ1n) is 9.04. The Morgan fingerprint density at radius 3 is 2.33 bits per heavy atom. The number of anilines is 1. The van der Waals surface area contributed by atoms with Crippen LogP contribution >= 0.6 is 0 Å². The van der Waals surface area contributed by atoms with E-state index in [2.05, 4.69) is 5.32 Å². The molecule has 2 rings (SSSR count). The lowest BCUT2D eigenvalue weighted by Gasteiger charge is -2.23. The minimum absolute atomic E-state index is 0.0504. The van der Waals surface area contributed by atoms with Gasteiger partial charge in [0.15, 0.2) is 0 Å². The second kappa shape index (κ2) is 10.2. The maximum absolute atomic E-state index is 13.0. The summed E-state index contributed by atoms with van der Waals surface area (Å²) >= 11 is 0. The van der Waals surface area contributed by atoms with Crippen LogP contribution in [0.2, 0.25) is 0 Å². The van der Waals surface area contributed by atoms with Crippen LogP contribution in [0.5, 0.6) is 11.5 Å². The van der Waals surface area contributed by atoms with Crippen molar-refractivity contribution in [1.82, 2.24) is 4.90 Å². The lowest BCUT2D eigenvalue weighted by atomic mass is 10.1. The maximum atomic E-state index is 13.0. The Balaban J connectivity index is 2.15. The van der Waals surface area contributed by atoms with Crippen LogP contribution in [0.25, 0.3) is 0 Å². The van der Waals surface area contributed by atoms with Crippen LogP contribution in [0.4, 0.5) is 5.69 Å². The Morgan fingerprint density at radius 2 is 1.67 bits per heavy atom. The molecule has 0 aliphatic heterocycles. The van der Waals surface area contributed by atoms with E-state index in [0.717, 1.165) is 6.42 Å². The largest absolute Gasteiger partial charge is 0.495 e. The first-order valence-corrected chi connectivity index (χ1v) is 9.04. The minimum Gasteiger partial charge on any atom is -0.495 e. The number of methoxy groups -OCH3 is 1. The molecule has 0 aliphatic rings. The van der Waals surface area contributed by atoms with Crippen LogP contribution in [-0.2, 0) is 4.79 Å². The summed E-state index contributed by atoms with van der Waals surface area (Å²) in [6.07, 6.45) is 0.741. The number of benzene rings is 2. The normalized spacial score (nSPS) is 10.2. The molecule has 0 heterocycles. The predicted molar refractivity (Wildman–Crippen MR) is 105 cm³/mol. The third-order valence-electron chi connectivity index (χ3n) is 3.91. The molecule has 6 nitrogen and oxygen atoms in total. The molecule has 2 aromatic carbocycles. The monoisotopic (exact) mass is 370 g/mol. The summed E-state index contributed by atoms with van der Waals surface area (Å²) in [7, 11) is 1.54. The summed E-state index contributed by atoms with van der Waals surface area (Å²) in [5, 5.41) is 2.81. The third kappa shape index (κ3) is 5.48. The molecule has 0 saturated carbocycles. The van der Waals surface area contributed by atoms with E-state index in [-0.39, 0.29) is 18.4 Å². The van der Waals surface area contributed by atoms with Crippen LogP contribution in [0.3, 0.4) is 0 Å². The van der Waals surface area contributed by atoms with Gasteiger partial charge in [0, 0.05) is 6.54 Å². The Hall–Kier alpha value is -3.02. The summed E-state index contributed by atoms with van der Waals surface area (Å²) in [5.74, 6) is 0.586. The fourth-order valence-corrected chi connectivity index (χ4v) is 2.73. The molecule has 6 heteroatoms. The van der Waals surface area contributed by atoms with Crippen LogP contribution in [0.1, 0.15) is 30.6 Å². The summed E-state index contributed by atoms with van der Waals surface area (Å²) in [6.45, 7) is 4.72. The second-order valence-electron chi connectivity index (χ2n) is 5.90. The number of amides is 2. The number of ether oxygens (including phenoxy) is 2. The highest BCUT2D eigenvalue weighted by Crippen LogP contribution is 2.23. The highest BCUT2D eigenvalue weighted by Gasteiger charge is 2.21. The molecule has 0 saturated heterocycles. The zero-order valence-electron chi connectivity index (χ0n) is 16.0. The number of para-hydroxylation sites is 3. The molecule has 0 spiro atoms. The molecule has 0 aliphatic carbocycles. The predicted octanol–water partition coefficient (Wildman–Crippen LogP) is 3.58. The number of rotatable bonds is 9. The molecule has 0 aromatic heterocycles. The molecule has 0 bridgehead atoms. The van der Waals surface area contributed by atoms with Gasteiger partial charge in [0.1, 0.15) is 18.0 Å². The first-order chi connectivity index (χ1) is 13.1. The average molecular weight is 370 g/mol. The number of hydrogen-bond acceptors (Lipinski definition) is 4. The van der Waals surface area contributed by atoms with E-state index in [1.165, 1.54) is 4.90 Å². The van der Waals surface area contributed by atoms with E-state index >= 15 is 0 Å². The van der Waals surface area contributed by atoms with Crippen molar-refractivity contribution in [2.24, 2.45) is 0 Å². The summed E-state index contributed by atoms with van der Waals surface area (Å²) in [5.41, 5.74) is 1.03. The zero-order valence-corrected chi connectivity index (χ0v) is 16.0. The Bertz CT molecular complexity index is 776. The molecule has 0 atom stereocenters. The fourth-order valence-electron chi connectivity index (χ4n) is 2.73. The molecular weight excluding hydrogens is 344 g/mol. The van der Waals surface area contributed by atoms with Gasteiger partial charge >= 0.3 is 0 Å². The molecular formula is C21H26N2O4. The first kappa shape index (κ1) is 20.3. The highest BCUT2D eigenvalue weighted by molar-refractivity contribution is 6.01. The Kier molecular flexibility index (Phi) is 7.67. The van der Waals surface area contributed by atoms with Gasteiger partial charge in [-0.15, -0.1) is 0 Å². The van der Waals surface area contributed by atoms with Crippen molar-refractivity contribution in [2.75, 3.05) is 32.1 Å². The van der Waals surface area contributed by atoms with Crippen LogP contribution in [-0.4, -0.2) is 43.5 Å². The number of nitrogens with one attached hydrogen (secondary N) is 1. The second-order valence-corrected chi connectivity index (χ2v) is 5.90. The molecule has 0 unspecified atom stereocenters. The molecule has 144 valence electrons. The van der Waals surface area contributed by atoms with Gasteiger partial charge in [-0.25, -0.2) is 0 Å². The quantitative estimate of drug-likeness (QED) is 0.732. The van der Waals surface area contributed by atoms with Crippen molar-refractivity contribution in [2.45, 2.75) is 20.3 Å². The molecule has 2 amide bonds. The van der Waals surface area contributed by atoms with Crippen molar-refractivity contribution >= 4 is 17.5 Å². The van der Waals surface area contributed by atoms with Gasteiger partial charge in [-0.1, -0.05) is 31.2 Å². The molecule has 0 radical (unpaired) electrons. The van der Waals surface area contributed by atoms with Crippen molar-refractivity contribution in [3.63, 3.8) is 0 Å². The lowest BCUT2D eigenvalue weighted by molar-refractivity contribution is -0.116. The van der Waals surface area contributed by atoms with Crippen molar-refractivity contribution in [3.8, 4) is 11.5 Å². The fraction of sp³-hybridized carbons (Fsp3) is 0.333. The SMILES string of the molecule is CCCN(CC(=O)Nc1ccccc1OC)C(=O)c1ccccc1OCC. The van der Waals surface area contributed by atoms with Gasteiger partial charge in [0.05, 0.1) is 25.0 Å². The number of carbonyl (C=O) groups excluding carboxylic acids is 2. The van der Waals surface area contributed by atoms with Crippen molar-refractivity contribution < 1.29 is 19.1 Å². The van der Waals surface area contributed by atoms with Gasteiger partial charge in [-0.05, 0) is 37.6 Å². The minimum atomic E-state index is -0.282. The number of hydrogen-bond donors (Lipinski definition) is 1. The maximum Gasteiger partial charge on any atom is 0.258 e. The van der Waals surface area contributed by atoms with Crippen molar-refractivity contribution in [3.05, 3.63) is 54.1 Å². The van der Waals surface area contributed by atoms with Crippen LogP contribution in [0, 0.1) is 0 Å². The van der Waals surface area contributed by atoms with E-state index in [9.17, 15) is 9.59 Å². The van der Waals surface area contributed by atoms with E-state index in [1.807, 2.05) is 32.0 Å². The van der Waals surface area contributed by atoms with E-state index in [1.54, 1.807) is 37.4 Å². The van der Waals surface area contributed by atoms with Gasteiger partial charge in [0.25, 0.3) is 5.91 Å². The molecule has 27 heavy (non-hydrogen) atoms. The standard InChI is InChI=1S/C21H26N2O4/c1-4-14-23(21(25)16-10-6-8-12-18(16)27-5-2)15-20(24)22-17-11-7-9-13-19(17)26-3/h6-13H,4-5,14-15H2,1-3H3,(H,22,24). The topological polar surface area (TPSA) is 67.9 Å². The van der Waals surface area contributed by atoms with E-state index in [0.29, 0.717) is 35.9 Å². The van der Waals surface area contributed by atoms with Crippen LogP contribution < -0.4 is 14.8 Å². The van der Waals surface area contributed by atoms with E-state index in [4.69, 9.17) is 9.47 Å². The van der Waals surface area contributed by atoms with Gasteiger partial charge in [-0.2, -0.15) is 0 Å².